The number of hydrogen-bond acceptors (Lipinski definition) is 2. The molecule has 0 radical (unpaired) electrons. The van der Waals surface area contributed by atoms with Crippen molar-refractivity contribution in [2.45, 2.75) is 36.8 Å². The number of amides is 1. The van der Waals surface area contributed by atoms with Gasteiger partial charge in [-0.1, -0.05) is 54.6 Å². The summed E-state index contributed by atoms with van der Waals surface area (Å²) in [6.45, 7) is 0. The predicted molar refractivity (Wildman–Crippen MR) is 89.2 cm³/mol. The summed E-state index contributed by atoms with van der Waals surface area (Å²) in [5.74, 6) is -0.0371. The number of carbonyl (C=O) groups is 1. The molecular formula is C20H21NO2. The zero-order valence-corrected chi connectivity index (χ0v) is 13.3. The van der Waals surface area contributed by atoms with Gasteiger partial charge in [0.2, 0.25) is 0 Å². The van der Waals surface area contributed by atoms with E-state index in [4.69, 9.17) is 4.74 Å². The second kappa shape index (κ2) is 5.50. The summed E-state index contributed by atoms with van der Waals surface area (Å²) < 4.78 is 5.44. The highest BCUT2D eigenvalue weighted by Gasteiger charge is 2.58. The van der Waals surface area contributed by atoms with Gasteiger partial charge < -0.3 is 10.1 Å². The molecule has 0 bridgehead atoms. The molecular weight excluding hydrogens is 286 g/mol. The van der Waals surface area contributed by atoms with E-state index in [2.05, 4.69) is 29.6 Å². The van der Waals surface area contributed by atoms with Crippen LogP contribution in [0, 0.1) is 0 Å². The molecule has 2 aliphatic rings. The van der Waals surface area contributed by atoms with Crippen molar-refractivity contribution >= 4 is 5.91 Å². The third-order valence-corrected chi connectivity index (χ3v) is 5.36. The van der Waals surface area contributed by atoms with Crippen LogP contribution in [0.15, 0.2) is 54.6 Å². The Hall–Kier alpha value is -2.13. The second-order valence-corrected chi connectivity index (χ2v) is 6.61. The second-order valence-electron chi connectivity index (χ2n) is 6.61. The Kier molecular flexibility index (Phi) is 3.46. The van der Waals surface area contributed by atoms with Crippen LogP contribution in [0.3, 0.4) is 0 Å². The monoisotopic (exact) mass is 307 g/mol. The van der Waals surface area contributed by atoms with Gasteiger partial charge in [-0.25, -0.2) is 0 Å². The lowest BCUT2D eigenvalue weighted by Gasteiger charge is -2.18. The van der Waals surface area contributed by atoms with Crippen molar-refractivity contribution in [1.82, 2.24) is 5.32 Å². The lowest BCUT2D eigenvalue weighted by Crippen LogP contribution is -2.35. The fraction of sp³-hybridized carbons (Fsp3) is 0.350. The molecule has 1 saturated carbocycles. The van der Waals surface area contributed by atoms with Gasteiger partial charge in [0.25, 0.3) is 5.91 Å². The first-order valence-corrected chi connectivity index (χ1v) is 8.21. The van der Waals surface area contributed by atoms with E-state index in [1.54, 1.807) is 7.11 Å². The number of ether oxygens (including phenoxy) is 1. The Bertz CT molecular complexity index is 727. The Morgan fingerprint density at radius 1 is 1.17 bits per heavy atom. The molecule has 3 nitrogen and oxygen atoms in total. The van der Waals surface area contributed by atoms with E-state index in [0.717, 1.165) is 24.8 Å². The van der Waals surface area contributed by atoms with Gasteiger partial charge in [-0.15, -0.1) is 0 Å². The molecule has 3 heteroatoms. The van der Waals surface area contributed by atoms with Crippen molar-refractivity contribution in [3.63, 3.8) is 0 Å². The summed E-state index contributed by atoms with van der Waals surface area (Å²) in [7, 11) is 1.59. The van der Waals surface area contributed by atoms with Crippen molar-refractivity contribution in [3.8, 4) is 0 Å². The van der Waals surface area contributed by atoms with Gasteiger partial charge in [0.15, 0.2) is 6.10 Å². The minimum absolute atomic E-state index is 0.0371. The Morgan fingerprint density at radius 3 is 2.70 bits per heavy atom. The van der Waals surface area contributed by atoms with E-state index < -0.39 is 6.10 Å². The molecule has 1 amide bonds. The highest BCUT2D eigenvalue weighted by molar-refractivity contribution is 5.83. The van der Waals surface area contributed by atoms with E-state index in [1.807, 2.05) is 30.3 Å². The van der Waals surface area contributed by atoms with Crippen LogP contribution in [0.2, 0.25) is 0 Å². The number of aryl methyl sites for hydroxylation is 1. The maximum Gasteiger partial charge on any atom is 0.253 e. The van der Waals surface area contributed by atoms with Gasteiger partial charge in [-0.2, -0.15) is 0 Å². The molecule has 1 spiro atoms. The van der Waals surface area contributed by atoms with Gasteiger partial charge in [-0.05, 0) is 36.0 Å². The Labute approximate surface area is 136 Å². The summed E-state index contributed by atoms with van der Waals surface area (Å²) in [4.78, 5) is 12.6. The molecule has 3 atom stereocenters. The number of benzene rings is 2. The Morgan fingerprint density at radius 2 is 1.91 bits per heavy atom. The first kappa shape index (κ1) is 14.5. The molecule has 0 aliphatic heterocycles. The number of carbonyl (C=O) groups excluding carboxylic acids is 1. The van der Waals surface area contributed by atoms with E-state index in [1.165, 1.54) is 11.1 Å². The average molecular weight is 307 g/mol. The third kappa shape index (κ3) is 2.36. The number of rotatable bonds is 4. The molecule has 2 aliphatic carbocycles. The third-order valence-electron chi connectivity index (χ3n) is 5.36. The molecule has 0 unspecified atom stereocenters. The standard InChI is InChI=1S/C20H21NO2/c1-23-18(15-8-3-2-4-9-15)19(22)21-17-13-20(17)12-11-14-7-5-6-10-16(14)20/h2-10,17-18H,11-13H2,1H3,(H,21,22)/t17-,18+,20+/m0/s1. The summed E-state index contributed by atoms with van der Waals surface area (Å²) >= 11 is 0. The summed E-state index contributed by atoms with van der Waals surface area (Å²) in [5, 5.41) is 3.21. The van der Waals surface area contributed by atoms with Crippen LogP contribution in [0.1, 0.15) is 35.6 Å². The van der Waals surface area contributed by atoms with Crippen molar-refractivity contribution < 1.29 is 9.53 Å². The quantitative estimate of drug-likeness (QED) is 0.942. The van der Waals surface area contributed by atoms with E-state index in [0.29, 0.717) is 0 Å². The van der Waals surface area contributed by atoms with Crippen molar-refractivity contribution in [2.24, 2.45) is 0 Å². The largest absolute Gasteiger partial charge is 0.367 e. The zero-order chi connectivity index (χ0) is 15.9. The molecule has 23 heavy (non-hydrogen) atoms. The first-order valence-electron chi connectivity index (χ1n) is 8.21. The van der Waals surface area contributed by atoms with Crippen molar-refractivity contribution in [2.75, 3.05) is 7.11 Å². The molecule has 1 N–H and O–H groups in total. The van der Waals surface area contributed by atoms with Crippen LogP contribution in [0.4, 0.5) is 0 Å². The fourth-order valence-corrected chi connectivity index (χ4v) is 4.05. The van der Waals surface area contributed by atoms with E-state index in [9.17, 15) is 4.79 Å². The van der Waals surface area contributed by atoms with Crippen LogP contribution < -0.4 is 5.32 Å². The molecule has 0 heterocycles. The van der Waals surface area contributed by atoms with E-state index in [-0.39, 0.29) is 17.4 Å². The van der Waals surface area contributed by atoms with Crippen LogP contribution in [0.25, 0.3) is 0 Å². The zero-order valence-electron chi connectivity index (χ0n) is 13.3. The molecule has 118 valence electrons. The van der Waals surface area contributed by atoms with E-state index >= 15 is 0 Å². The lowest BCUT2D eigenvalue weighted by atomic mass is 9.97. The van der Waals surface area contributed by atoms with Crippen molar-refractivity contribution in [1.29, 1.82) is 0 Å². The highest BCUT2D eigenvalue weighted by Crippen LogP contribution is 2.56. The molecule has 0 saturated heterocycles. The number of fused-ring (bicyclic) bond motifs is 2. The first-order chi connectivity index (χ1) is 11.2. The minimum Gasteiger partial charge on any atom is -0.367 e. The summed E-state index contributed by atoms with van der Waals surface area (Å²) in [5.41, 5.74) is 3.94. The molecule has 1 fully saturated rings. The smallest absolute Gasteiger partial charge is 0.253 e. The number of nitrogens with one attached hydrogen (secondary N) is 1. The van der Waals surface area contributed by atoms with Gasteiger partial charge in [0.05, 0.1) is 0 Å². The number of hydrogen-bond donors (Lipinski definition) is 1. The van der Waals surface area contributed by atoms with Crippen LogP contribution in [-0.4, -0.2) is 19.1 Å². The SMILES string of the molecule is CO[C@@H](C(=O)N[C@H]1C[C@@]12CCc1ccccc12)c1ccccc1. The summed E-state index contributed by atoms with van der Waals surface area (Å²) in [6.07, 6.45) is 2.77. The van der Waals surface area contributed by atoms with Crippen LogP contribution >= 0.6 is 0 Å². The molecule has 4 rings (SSSR count). The van der Waals surface area contributed by atoms with Gasteiger partial charge in [0, 0.05) is 18.6 Å². The van der Waals surface area contributed by atoms with Crippen LogP contribution in [0.5, 0.6) is 0 Å². The average Bonchev–Trinajstić information content (AvgIpc) is 3.14. The lowest BCUT2D eigenvalue weighted by molar-refractivity contribution is -0.131. The van der Waals surface area contributed by atoms with Gasteiger partial charge in [0.1, 0.15) is 0 Å². The maximum atomic E-state index is 12.6. The predicted octanol–water partition coefficient (Wildman–Crippen LogP) is 3.15. The Balaban J connectivity index is 1.49. The maximum absolute atomic E-state index is 12.6. The van der Waals surface area contributed by atoms with Crippen molar-refractivity contribution in [3.05, 3.63) is 71.3 Å². The fourth-order valence-electron chi connectivity index (χ4n) is 4.05. The summed E-state index contributed by atoms with van der Waals surface area (Å²) in [6, 6.07) is 18.5. The molecule has 0 aromatic heterocycles. The van der Waals surface area contributed by atoms with Crippen LogP contribution in [-0.2, 0) is 21.4 Å². The topological polar surface area (TPSA) is 38.3 Å². The van der Waals surface area contributed by atoms with Gasteiger partial charge >= 0.3 is 0 Å². The highest BCUT2D eigenvalue weighted by atomic mass is 16.5. The molecule has 2 aromatic carbocycles. The normalized spacial score (nSPS) is 25.9. The molecule has 2 aromatic rings. The minimum atomic E-state index is -0.537. The van der Waals surface area contributed by atoms with Gasteiger partial charge in [-0.3, -0.25) is 4.79 Å². The number of methoxy groups -OCH3 is 1.